The van der Waals surface area contributed by atoms with E-state index in [4.69, 9.17) is 45.9 Å². The van der Waals surface area contributed by atoms with Crippen molar-refractivity contribution in [3.63, 3.8) is 0 Å². The third-order valence-corrected chi connectivity index (χ3v) is 3.31. The molecule has 2 nitrogen and oxygen atoms in total. The molecule has 19 heavy (non-hydrogen) atoms. The Hall–Kier alpha value is -1.29. The van der Waals surface area contributed by atoms with Gasteiger partial charge in [0, 0.05) is 10.6 Å². The Bertz CT molecular complexity index is 616. The SMILES string of the molecule is NC(=S)c1ccccc1COc1ccc(Cl)cc1Cl. The predicted molar refractivity (Wildman–Crippen MR) is 83.1 cm³/mol. The van der Waals surface area contributed by atoms with Crippen molar-refractivity contribution in [2.24, 2.45) is 5.73 Å². The molecule has 0 unspecified atom stereocenters. The van der Waals surface area contributed by atoms with Crippen molar-refractivity contribution in [1.82, 2.24) is 0 Å². The zero-order chi connectivity index (χ0) is 13.8. The second kappa shape index (κ2) is 6.24. The van der Waals surface area contributed by atoms with Gasteiger partial charge in [-0.1, -0.05) is 59.7 Å². The molecule has 2 N–H and O–H groups in total. The monoisotopic (exact) mass is 311 g/mol. The lowest BCUT2D eigenvalue weighted by molar-refractivity contribution is 0.306. The summed E-state index contributed by atoms with van der Waals surface area (Å²) in [5.41, 5.74) is 7.39. The van der Waals surface area contributed by atoms with Crippen LogP contribution in [0.5, 0.6) is 5.75 Å². The first-order chi connectivity index (χ1) is 9.08. The van der Waals surface area contributed by atoms with Crippen LogP contribution in [0.2, 0.25) is 10.0 Å². The highest BCUT2D eigenvalue weighted by Crippen LogP contribution is 2.28. The van der Waals surface area contributed by atoms with Crippen molar-refractivity contribution in [3.05, 3.63) is 63.6 Å². The molecule has 0 saturated heterocycles. The van der Waals surface area contributed by atoms with Crippen LogP contribution < -0.4 is 10.5 Å². The van der Waals surface area contributed by atoms with Crippen molar-refractivity contribution in [2.45, 2.75) is 6.61 Å². The summed E-state index contributed by atoms with van der Waals surface area (Å²) in [6.45, 7) is 0.342. The van der Waals surface area contributed by atoms with E-state index in [2.05, 4.69) is 0 Å². The maximum atomic E-state index is 6.04. The molecule has 2 rings (SSSR count). The largest absolute Gasteiger partial charge is 0.487 e. The molecule has 0 bridgehead atoms. The number of benzene rings is 2. The molecule has 2 aromatic carbocycles. The van der Waals surface area contributed by atoms with Crippen molar-refractivity contribution in [2.75, 3.05) is 0 Å². The zero-order valence-corrected chi connectivity index (χ0v) is 12.2. The quantitative estimate of drug-likeness (QED) is 0.859. The normalized spacial score (nSPS) is 10.2. The highest BCUT2D eigenvalue weighted by atomic mass is 35.5. The number of halogens is 2. The van der Waals surface area contributed by atoms with E-state index in [0.29, 0.717) is 27.4 Å². The van der Waals surface area contributed by atoms with Crippen LogP contribution in [-0.4, -0.2) is 4.99 Å². The number of rotatable bonds is 4. The van der Waals surface area contributed by atoms with Gasteiger partial charge in [0.05, 0.1) is 5.02 Å². The number of hydrogen-bond acceptors (Lipinski definition) is 2. The van der Waals surface area contributed by atoms with Gasteiger partial charge < -0.3 is 10.5 Å². The van der Waals surface area contributed by atoms with Gasteiger partial charge in [0.15, 0.2) is 0 Å². The maximum Gasteiger partial charge on any atom is 0.138 e. The Labute approximate surface area is 127 Å². The van der Waals surface area contributed by atoms with Gasteiger partial charge in [-0.05, 0) is 23.8 Å². The molecule has 0 radical (unpaired) electrons. The van der Waals surface area contributed by atoms with Crippen LogP contribution in [0.15, 0.2) is 42.5 Å². The summed E-state index contributed by atoms with van der Waals surface area (Å²) < 4.78 is 5.66. The minimum Gasteiger partial charge on any atom is -0.487 e. The van der Waals surface area contributed by atoms with Crippen LogP contribution in [0.25, 0.3) is 0 Å². The van der Waals surface area contributed by atoms with E-state index in [1.54, 1.807) is 18.2 Å². The summed E-state index contributed by atoms with van der Waals surface area (Å²) in [6, 6.07) is 12.7. The number of ether oxygens (including phenoxy) is 1. The van der Waals surface area contributed by atoms with Gasteiger partial charge in [-0.2, -0.15) is 0 Å². The molecule has 0 saturated carbocycles. The fraction of sp³-hybridized carbons (Fsp3) is 0.0714. The molecule has 0 amide bonds. The Kier molecular flexibility index (Phi) is 4.64. The lowest BCUT2D eigenvalue weighted by atomic mass is 10.1. The van der Waals surface area contributed by atoms with Crippen molar-refractivity contribution >= 4 is 40.4 Å². The van der Waals surface area contributed by atoms with Gasteiger partial charge >= 0.3 is 0 Å². The van der Waals surface area contributed by atoms with Gasteiger partial charge in [-0.3, -0.25) is 0 Å². The lowest BCUT2D eigenvalue weighted by Crippen LogP contribution is -2.13. The molecule has 0 atom stereocenters. The summed E-state index contributed by atoms with van der Waals surface area (Å²) >= 11 is 16.9. The van der Waals surface area contributed by atoms with Crippen LogP contribution in [0.3, 0.4) is 0 Å². The van der Waals surface area contributed by atoms with Gasteiger partial charge in [0.1, 0.15) is 17.3 Å². The molecule has 0 heterocycles. The predicted octanol–water partition coefficient (Wildman–Crippen LogP) is 4.21. The molecule has 0 spiro atoms. The minimum atomic E-state index is 0.342. The summed E-state index contributed by atoms with van der Waals surface area (Å²) in [4.78, 5) is 0.349. The van der Waals surface area contributed by atoms with Crippen LogP contribution in [0.1, 0.15) is 11.1 Å². The van der Waals surface area contributed by atoms with Crippen LogP contribution >= 0.6 is 35.4 Å². The first-order valence-electron chi connectivity index (χ1n) is 5.53. The second-order valence-electron chi connectivity index (χ2n) is 3.88. The van der Waals surface area contributed by atoms with E-state index in [9.17, 15) is 0 Å². The van der Waals surface area contributed by atoms with E-state index >= 15 is 0 Å². The summed E-state index contributed by atoms with van der Waals surface area (Å²) in [6.07, 6.45) is 0. The standard InChI is InChI=1S/C14H11Cl2NOS/c15-10-5-6-13(12(16)7-10)18-8-9-3-1-2-4-11(9)14(17)19/h1-7H,8H2,(H2,17,19). The molecule has 0 aliphatic rings. The van der Waals surface area contributed by atoms with Crippen molar-refractivity contribution in [1.29, 1.82) is 0 Å². The molecular weight excluding hydrogens is 301 g/mol. The smallest absolute Gasteiger partial charge is 0.138 e. The Balaban J connectivity index is 2.17. The van der Waals surface area contributed by atoms with Crippen LogP contribution in [0, 0.1) is 0 Å². The first kappa shape index (κ1) is 14.1. The number of hydrogen-bond donors (Lipinski definition) is 1. The number of thiocarbonyl (C=S) groups is 1. The summed E-state index contributed by atoms with van der Waals surface area (Å²) in [5, 5.41) is 1.04. The van der Waals surface area contributed by atoms with Crippen molar-refractivity contribution in [3.8, 4) is 5.75 Å². The highest BCUT2D eigenvalue weighted by Gasteiger charge is 2.07. The summed E-state index contributed by atoms with van der Waals surface area (Å²) in [5.74, 6) is 0.573. The molecule has 0 aromatic heterocycles. The topological polar surface area (TPSA) is 35.2 Å². The summed E-state index contributed by atoms with van der Waals surface area (Å²) in [7, 11) is 0. The molecule has 2 aromatic rings. The molecule has 0 aliphatic carbocycles. The molecule has 5 heteroatoms. The van der Waals surface area contributed by atoms with Gasteiger partial charge in [-0.25, -0.2) is 0 Å². The second-order valence-corrected chi connectivity index (χ2v) is 5.17. The van der Waals surface area contributed by atoms with Gasteiger partial charge in [-0.15, -0.1) is 0 Å². The third kappa shape index (κ3) is 3.60. The van der Waals surface area contributed by atoms with Gasteiger partial charge in [0.2, 0.25) is 0 Å². The maximum absolute atomic E-state index is 6.04. The number of nitrogens with two attached hydrogens (primary N) is 1. The first-order valence-corrected chi connectivity index (χ1v) is 6.70. The minimum absolute atomic E-state index is 0.342. The fourth-order valence-corrected chi connectivity index (χ4v) is 2.30. The highest BCUT2D eigenvalue weighted by molar-refractivity contribution is 7.80. The Morgan fingerprint density at radius 2 is 1.89 bits per heavy atom. The van der Waals surface area contributed by atoms with Crippen LogP contribution in [0.4, 0.5) is 0 Å². The Morgan fingerprint density at radius 1 is 1.16 bits per heavy atom. The van der Waals surface area contributed by atoms with Crippen molar-refractivity contribution < 1.29 is 4.74 Å². The van der Waals surface area contributed by atoms with E-state index in [-0.39, 0.29) is 0 Å². The third-order valence-electron chi connectivity index (χ3n) is 2.56. The van der Waals surface area contributed by atoms with E-state index < -0.39 is 0 Å². The van der Waals surface area contributed by atoms with E-state index in [1.165, 1.54) is 0 Å². The zero-order valence-electron chi connectivity index (χ0n) is 9.90. The fourth-order valence-electron chi connectivity index (χ4n) is 1.63. The average molecular weight is 312 g/mol. The average Bonchev–Trinajstić information content (AvgIpc) is 2.38. The molecule has 0 fully saturated rings. The van der Waals surface area contributed by atoms with Gasteiger partial charge in [0.25, 0.3) is 0 Å². The van der Waals surface area contributed by atoms with E-state index in [0.717, 1.165) is 11.1 Å². The Morgan fingerprint density at radius 3 is 2.58 bits per heavy atom. The molecule has 0 aliphatic heterocycles. The molecular formula is C14H11Cl2NOS. The molecule has 98 valence electrons. The van der Waals surface area contributed by atoms with Crippen LogP contribution in [-0.2, 0) is 6.61 Å². The lowest BCUT2D eigenvalue weighted by Gasteiger charge is -2.11. The van der Waals surface area contributed by atoms with E-state index in [1.807, 2.05) is 24.3 Å².